The summed E-state index contributed by atoms with van der Waals surface area (Å²) in [5.41, 5.74) is 3.10. The van der Waals surface area contributed by atoms with E-state index in [1.165, 1.54) is 25.9 Å². The molecular weight excluding hydrogens is 288 g/mol. The molecule has 2 heterocycles. The van der Waals surface area contributed by atoms with Crippen molar-refractivity contribution in [2.45, 2.75) is 59.4 Å². The van der Waals surface area contributed by atoms with Crippen LogP contribution in [0.4, 0.5) is 0 Å². The first-order chi connectivity index (χ1) is 10.9. The van der Waals surface area contributed by atoms with E-state index < -0.39 is 0 Å². The maximum absolute atomic E-state index is 12.4. The van der Waals surface area contributed by atoms with Crippen molar-refractivity contribution in [1.82, 2.24) is 20.0 Å². The van der Waals surface area contributed by atoms with Crippen LogP contribution in [0, 0.1) is 19.8 Å². The van der Waals surface area contributed by atoms with Crippen molar-refractivity contribution in [3.05, 3.63) is 17.0 Å². The number of aromatic nitrogens is 2. The average molecular weight is 320 g/mol. The van der Waals surface area contributed by atoms with Crippen molar-refractivity contribution in [1.29, 1.82) is 0 Å². The molecule has 1 aliphatic heterocycles. The van der Waals surface area contributed by atoms with Crippen LogP contribution in [-0.4, -0.2) is 46.3 Å². The third kappa shape index (κ3) is 4.80. The van der Waals surface area contributed by atoms with Crippen molar-refractivity contribution in [2.24, 2.45) is 13.0 Å². The molecule has 0 aromatic carbocycles. The number of carbonyl (C=O) groups is 1. The largest absolute Gasteiger partial charge is 0.354 e. The van der Waals surface area contributed by atoms with Gasteiger partial charge in [0.2, 0.25) is 5.91 Å². The second-order valence-corrected chi connectivity index (χ2v) is 7.28. The molecule has 23 heavy (non-hydrogen) atoms. The smallest absolute Gasteiger partial charge is 0.224 e. The molecule has 0 spiro atoms. The lowest BCUT2D eigenvalue weighted by Crippen LogP contribution is -2.43. The van der Waals surface area contributed by atoms with Crippen molar-refractivity contribution >= 4 is 5.91 Å². The Morgan fingerprint density at radius 1 is 1.26 bits per heavy atom. The molecule has 1 atom stereocenters. The van der Waals surface area contributed by atoms with E-state index in [-0.39, 0.29) is 5.91 Å². The summed E-state index contributed by atoms with van der Waals surface area (Å²) in [4.78, 5) is 14.9. The van der Waals surface area contributed by atoms with Gasteiger partial charge >= 0.3 is 0 Å². The molecule has 1 fully saturated rings. The minimum Gasteiger partial charge on any atom is -0.354 e. The van der Waals surface area contributed by atoms with Gasteiger partial charge in [-0.3, -0.25) is 14.4 Å². The molecule has 1 N–H and O–H groups in total. The quantitative estimate of drug-likeness (QED) is 0.838. The molecule has 1 amide bonds. The van der Waals surface area contributed by atoms with Crippen molar-refractivity contribution < 1.29 is 4.79 Å². The first-order valence-electron chi connectivity index (χ1n) is 8.88. The van der Waals surface area contributed by atoms with Gasteiger partial charge in [-0.15, -0.1) is 0 Å². The van der Waals surface area contributed by atoms with E-state index in [0.29, 0.717) is 18.4 Å². The van der Waals surface area contributed by atoms with Gasteiger partial charge in [-0.2, -0.15) is 5.10 Å². The molecular formula is C18H32N4O. The Balaban J connectivity index is 1.90. The van der Waals surface area contributed by atoms with E-state index in [2.05, 4.69) is 29.2 Å². The number of carbonyl (C=O) groups excluding carboxylic acids is 1. The van der Waals surface area contributed by atoms with Crippen molar-refractivity contribution in [3.8, 4) is 0 Å². The van der Waals surface area contributed by atoms with Crippen LogP contribution in [0.15, 0.2) is 0 Å². The SMILES string of the molecule is Cc1nn(C)c(C)c1CC(=O)NC[C@H](CC(C)C)N1CCCC1. The van der Waals surface area contributed by atoms with Crippen molar-refractivity contribution in [2.75, 3.05) is 19.6 Å². The van der Waals surface area contributed by atoms with Gasteiger partial charge < -0.3 is 5.32 Å². The highest BCUT2D eigenvalue weighted by atomic mass is 16.1. The second kappa shape index (κ2) is 7.95. The van der Waals surface area contributed by atoms with Crippen LogP contribution in [0.5, 0.6) is 0 Å². The van der Waals surface area contributed by atoms with Gasteiger partial charge in [0, 0.05) is 30.9 Å². The van der Waals surface area contributed by atoms with Crippen LogP contribution in [0.25, 0.3) is 0 Å². The molecule has 1 aromatic heterocycles. The Hall–Kier alpha value is -1.36. The summed E-state index contributed by atoms with van der Waals surface area (Å²) in [5, 5.41) is 7.55. The van der Waals surface area contributed by atoms with E-state index in [1.807, 2.05) is 25.6 Å². The summed E-state index contributed by atoms with van der Waals surface area (Å²) >= 11 is 0. The molecule has 1 aliphatic rings. The van der Waals surface area contributed by atoms with Crippen LogP contribution < -0.4 is 5.32 Å². The predicted molar refractivity (Wildman–Crippen MR) is 93.4 cm³/mol. The standard InChI is InChI=1S/C18H32N4O/c1-13(2)10-16(22-8-6-7-9-22)12-19-18(23)11-17-14(3)20-21(5)15(17)4/h13,16H,6-12H2,1-5H3,(H,19,23)/t16-/m0/s1. The maximum atomic E-state index is 12.4. The van der Waals surface area contributed by atoms with Crippen LogP contribution in [0.3, 0.4) is 0 Å². The van der Waals surface area contributed by atoms with Crippen LogP contribution in [0.1, 0.15) is 50.1 Å². The van der Waals surface area contributed by atoms with Crippen molar-refractivity contribution in [3.63, 3.8) is 0 Å². The van der Waals surface area contributed by atoms with Crippen LogP contribution in [0.2, 0.25) is 0 Å². The Morgan fingerprint density at radius 2 is 1.91 bits per heavy atom. The molecule has 1 saturated heterocycles. The molecule has 2 rings (SSSR count). The maximum Gasteiger partial charge on any atom is 0.224 e. The molecule has 5 heteroatoms. The van der Waals surface area contributed by atoms with Crippen LogP contribution >= 0.6 is 0 Å². The summed E-state index contributed by atoms with van der Waals surface area (Å²) in [7, 11) is 1.93. The number of hydrogen-bond acceptors (Lipinski definition) is 3. The fraction of sp³-hybridized carbons (Fsp3) is 0.778. The summed E-state index contributed by atoms with van der Waals surface area (Å²) in [5.74, 6) is 0.762. The molecule has 1 aromatic rings. The number of nitrogens with one attached hydrogen (secondary N) is 1. The zero-order valence-electron chi connectivity index (χ0n) is 15.4. The van der Waals surface area contributed by atoms with Gasteiger partial charge in [0.1, 0.15) is 0 Å². The fourth-order valence-corrected chi connectivity index (χ4v) is 3.54. The summed E-state index contributed by atoms with van der Waals surface area (Å²) in [6, 6.07) is 0.470. The lowest BCUT2D eigenvalue weighted by atomic mass is 10.0. The average Bonchev–Trinajstić information content (AvgIpc) is 3.08. The number of hydrogen-bond donors (Lipinski definition) is 1. The number of rotatable bonds is 7. The minimum atomic E-state index is 0.108. The number of aryl methyl sites for hydroxylation is 2. The van der Waals surface area contributed by atoms with Gasteiger partial charge in [-0.25, -0.2) is 0 Å². The number of amides is 1. The first kappa shape index (κ1) is 18.0. The lowest BCUT2D eigenvalue weighted by molar-refractivity contribution is -0.120. The highest BCUT2D eigenvalue weighted by molar-refractivity contribution is 5.79. The molecule has 0 bridgehead atoms. The van der Waals surface area contributed by atoms with Crippen LogP contribution in [-0.2, 0) is 18.3 Å². The molecule has 0 aliphatic carbocycles. The highest BCUT2D eigenvalue weighted by Crippen LogP contribution is 2.17. The second-order valence-electron chi connectivity index (χ2n) is 7.28. The lowest BCUT2D eigenvalue weighted by Gasteiger charge is -2.29. The summed E-state index contributed by atoms with van der Waals surface area (Å²) in [6.45, 7) is 11.6. The monoisotopic (exact) mass is 320 g/mol. The van der Waals surface area contributed by atoms with Gasteiger partial charge in [-0.05, 0) is 52.1 Å². The predicted octanol–water partition coefficient (Wildman–Crippen LogP) is 2.21. The fourth-order valence-electron chi connectivity index (χ4n) is 3.54. The van der Waals surface area contributed by atoms with Gasteiger partial charge in [0.15, 0.2) is 0 Å². The van der Waals surface area contributed by atoms with Gasteiger partial charge in [0.25, 0.3) is 0 Å². The Kier molecular flexibility index (Phi) is 6.22. The third-order valence-electron chi connectivity index (χ3n) is 4.93. The Morgan fingerprint density at radius 3 is 2.43 bits per heavy atom. The number of nitrogens with zero attached hydrogens (tertiary/aromatic N) is 3. The third-order valence-corrected chi connectivity index (χ3v) is 4.93. The highest BCUT2D eigenvalue weighted by Gasteiger charge is 2.23. The summed E-state index contributed by atoms with van der Waals surface area (Å²) in [6.07, 6.45) is 4.15. The Bertz CT molecular complexity index is 529. The zero-order valence-corrected chi connectivity index (χ0v) is 15.4. The normalized spacial score (nSPS) is 17.0. The molecule has 0 saturated carbocycles. The van der Waals surface area contributed by atoms with Gasteiger partial charge in [-0.1, -0.05) is 13.8 Å². The Labute approximate surface area is 140 Å². The molecule has 5 nitrogen and oxygen atoms in total. The number of likely N-dealkylation sites (tertiary alicyclic amines) is 1. The topological polar surface area (TPSA) is 50.2 Å². The molecule has 0 radical (unpaired) electrons. The van der Waals surface area contributed by atoms with E-state index in [9.17, 15) is 4.79 Å². The van der Waals surface area contributed by atoms with E-state index in [0.717, 1.165) is 29.9 Å². The minimum absolute atomic E-state index is 0.108. The zero-order chi connectivity index (χ0) is 17.0. The molecule has 0 unspecified atom stereocenters. The van der Waals surface area contributed by atoms with E-state index >= 15 is 0 Å². The van der Waals surface area contributed by atoms with E-state index in [4.69, 9.17) is 0 Å². The van der Waals surface area contributed by atoms with E-state index in [1.54, 1.807) is 0 Å². The molecule has 130 valence electrons. The summed E-state index contributed by atoms with van der Waals surface area (Å²) < 4.78 is 1.85. The first-order valence-corrected chi connectivity index (χ1v) is 8.88. The van der Waals surface area contributed by atoms with Gasteiger partial charge in [0.05, 0.1) is 12.1 Å².